The first-order chi connectivity index (χ1) is 8.96. The van der Waals surface area contributed by atoms with Crippen LogP contribution in [0.15, 0.2) is 40.9 Å². The molecule has 1 aliphatic rings. The molecule has 1 fully saturated rings. The predicted molar refractivity (Wildman–Crippen MR) is 79.5 cm³/mol. The number of rotatable bonds is 2. The lowest BCUT2D eigenvalue weighted by atomic mass is 9.68. The van der Waals surface area contributed by atoms with E-state index in [9.17, 15) is 4.79 Å². The van der Waals surface area contributed by atoms with Gasteiger partial charge in [-0.05, 0) is 48.9 Å². The number of hydrogen-bond acceptors (Lipinski definition) is 2. The molecule has 1 atom stereocenters. The Morgan fingerprint density at radius 1 is 1.16 bits per heavy atom. The highest BCUT2D eigenvalue weighted by atomic mass is 79.9. The summed E-state index contributed by atoms with van der Waals surface area (Å²) in [6.07, 6.45) is 0.513. The molecular weight excluding hydrogens is 304 g/mol. The van der Waals surface area contributed by atoms with Crippen LogP contribution in [0.5, 0.6) is 5.75 Å². The van der Waals surface area contributed by atoms with Crippen LogP contribution in [-0.2, 0) is 4.79 Å². The summed E-state index contributed by atoms with van der Waals surface area (Å²) in [6, 6.07) is 12.2. The van der Waals surface area contributed by atoms with E-state index in [0.717, 1.165) is 15.6 Å². The maximum atomic E-state index is 11.5. The number of fused-ring (bicyclic) bond motifs is 1. The number of benzene rings is 2. The van der Waals surface area contributed by atoms with Crippen molar-refractivity contribution in [2.24, 2.45) is 5.41 Å². The van der Waals surface area contributed by atoms with Gasteiger partial charge in [-0.25, -0.2) is 0 Å². The molecule has 3 rings (SSSR count). The Labute approximate surface area is 120 Å². The maximum Gasteiger partial charge on any atom is 0.145 e. The number of hydrogen-bond donors (Lipinski definition) is 0. The average Bonchev–Trinajstić information content (AvgIpc) is 2.38. The second-order valence-corrected chi connectivity index (χ2v) is 6.52. The zero-order valence-corrected chi connectivity index (χ0v) is 12.5. The lowest BCUT2D eigenvalue weighted by molar-refractivity contribution is -0.148. The van der Waals surface area contributed by atoms with Crippen LogP contribution >= 0.6 is 15.9 Å². The first-order valence-corrected chi connectivity index (χ1v) is 7.15. The predicted octanol–water partition coefficient (Wildman–Crippen LogP) is 4.35. The smallest absolute Gasteiger partial charge is 0.145 e. The van der Waals surface area contributed by atoms with Gasteiger partial charge in [0.2, 0.25) is 0 Å². The molecule has 19 heavy (non-hydrogen) atoms. The van der Waals surface area contributed by atoms with Gasteiger partial charge in [0.05, 0.1) is 5.41 Å². The quantitative estimate of drug-likeness (QED) is 0.823. The summed E-state index contributed by atoms with van der Waals surface area (Å²) in [6.45, 7) is 3.89. The molecule has 1 saturated carbocycles. The van der Waals surface area contributed by atoms with E-state index in [-0.39, 0.29) is 17.3 Å². The van der Waals surface area contributed by atoms with Gasteiger partial charge in [-0.15, -0.1) is 0 Å². The van der Waals surface area contributed by atoms with E-state index in [2.05, 4.69) is 28.1 Å². The number of ether oxygens (including phenoxy) is 1. The third kappa shape index (κ3) is 2.16. The lowest BCUT2D eigenvalue weighted by Gasteiger charge is -2.41. The molecule has 0 spiro atoms. The van der Waals surface area contributed by atoms with E-state index < -0.39 is 0 Å². The second-order valence-electron chi connectivity index (χ2n) is 5.61. The average molecular weight is 319 g/mol. The number of Topliss-reactive ketones (excluding diaryl/α,β-unsaturated/α-hetero) is 1. The van der Waals surface area contributed by atoms with Gasteiger partial charge in [0, 0.05) is 10.9 Å². The Hall–Kier alpha value is -1.35. The highest BCUT2D eigenvalue weighted by molar-refractivity contribution is 9.10. The zero-order chi connectivity index (χ0) is 13.6. The maximum absolute atomic E-state index is 11.5. The van der Waals surface area contributed by atoms with Gasteiger partial charge >= 0.3 is 0 Å². The molecule has 0 heterocycles. The van der Waals surface area contributed by atoms with E-state index in [4.69, 9.17) is 4.74 Å². The molecule has 2 aromatic carbocycles. The van der Waals surface area contributed by atoms with E-state index in [1.54, 1.807) is 0 Å². The summed E-state index contributed by atoms with van der Waals surface area (Å²) in [5, 5.41) is 2.31. The van der Waals surface area contributed by atoms with Crippen LogP contribution in [0.25, 0.3) is 10.8 Å². The molecule has 0 radical (unpaired) electrons. The van der Waals surface area contributed by atoms with Crippen LogP contribution in [0.3, 0.4) is 0 Å². The number of halogens is 1. The summed E-state index contributed by atoms with van der Waals surface area (Å²) < 4.78 is 7.01. The molecule has 0 aliphatic heterocycles. The first kappa shape index (κ1) is 12.7. The van der Waals surface area contributed by atoms with Gasteiger partial charge in [0.25, 0.3) is 0 Å². The summed E-state index contributed by atoms with van der Waals surface area (Å²) in [5.41, 5.74) is -0.353. The molecule has 3 heteroatoms. The Kier molecular flexibility index (Phi) is 2.90. The summed E-state index contributed by atoms with van der Waals surface area (Å²) in [5.74, 6) is 1.11. The molecular formula is C16H15BrO2. The minimum atomic E-state index is -0.353. The van der Waals surface area contributed by atoms with E-state index in [1.165, 1.54) is 5.39 Å². The Morgan fingerprint density at radius 2 is 1.84 bits per heavy atom. The summed E-state index contributed by atoms with van der Waals surface area (Å²) >= 11 is 3.46. The minimum Gasteiger partial charge on any atom is -0.489 e. The Morgan fingerprint density at radius 3 is 2.53 bits per heavy atom. The summed E-state index contributed by atoms with van der Waals surface area (Å²) in [4.78, 5) is 11.5. The molecule has 0 N–H and O–H groups in total. The number of carbonyl (C=O) groups excluding carboxylic acids is 1. The standard InChI is InChI=1S/C16H15BrO2/c1-16(2)14(18)9-15(16)19-13-6-4-10-7-12(17)5-3-11(10)8-13/h3-8,15H,9H2,1-2H3. The van der Waals surface area contributed by atoms with Gasteiger partial charge in [-0.1, -0.05) is 28.1 Å². The molecule has 0 amide bonds. The van der Waals surface area contributed by atoms with Gasteiger partial charge in [0.15, 0.2) is 0 Å². The van der Waals surface area contributed by atoms with Gasteiger partial charge in [-0.2, -0.15) is 0 Å². The summed E-state index contributed by atoms with van der Waals surface area (Å²) in [7, 11) is 0. The van der Waals surface area contributed by atoms with Crippen molar-refractivity contribution in [3.05, 3.63) is 40.9 Å². The van der Waals surface area contributed by atoms with Crippen molar-refractivity contribution in [3.8, 4) is 5.75 Å². The van der Waals surface area contributed by atoms with E-state index >= 15 is 0 Å². The third-order valence-electron chi connectivity index (χ3n) is 3.95. The Balaban J connectivity index is 1.86. The number of carbonyl (C=O) groups is 1. The monoisotopic (exact) mass is 318 g/mol. The van der Waals surface area contributed by atoms with E-state index in [1.807, 2.05) is 38.1 Å². The van der Waals surface area contributed by atoms with Gasteiger partial charge in [-0.3, -0.25) is 4.79 Å². The van der Waals surface area contributed by atoms with Gasteiger partial charge < -0.3 is 4.74 Å². The van der Waals surface area contributed by atoms with Crippen LogP contribution in [0.2, 0.25) is 0 Å². The SMILES string of the molecule is CC1(C)C(=O)CC1Oc1ccc2cc(Br)ccc2c1. The van der Waals surface area contributed by atoms with Crippen LogP contribution in [0.1, 0.15) is 20.3 Å². The fourth-order valence-electron chi connectivity index (χ4n) is 2.36. The van der Waals surface area contributed by atoms with Crippen molar-refractivity contribution >= 4 is 32.5 Å². The second kappa shape index (κ2) is 4.34. The lowest BCUT2D eigenvalue weighted by Crippen LogP contribution is -2.52. The van der Waals surface area contributed by atoms with Crippen molar-refractivity contribution in [1.29, 1.82) is 0 Å². The topological polar surface area (TPSA) is 26.3 Å². The normalized spacial score (nSPS) is 21.2. The highest BCUT2D eigenvalue weighted by Gasteiger charge is 2.49. The van der Waals surface area contributed by atoms with Crippen molar-refractivity contribution in [2.75, 3.05) is 0 Å². The van der Waals surface area contributed by atoms with Crippen molar-refractivity contribution in [1.82, 2.24) is 0 Å². The largest absolute Gasteiger partial charge is 0.489 e. The van der Waals surface area contributed by atoms with Gasteiger partial charge in [0.1, 0.15) is 17.6 Å². The molecule has 98 valence electrons. The number of ketones is 1. The van der Waals surface area contributed by atoms with Crippen LogP contribution in [0, 0.1) is 5.41 Å². The molecule has 1 aliphatic carbocycles. The van der Waals surface area contributed by atoms with Crippen molar-refractivity contribution in [3.63, 3.8) is 0 Å². The van der Waals surface area contributed by atoms with Crippen molar-refractivity contribution in [2.45, 2.75) is 26.4 Å². The molecule has 0 bridgehead atoms. The molecule has 2 nitrogen and oxygen atoms in total. The Bertz CT molecular complexity index is 661. The molecule has 1 unspecified atom stereocenters. The van der Waals surface area contributed by atoms with Crippen molar-refractivity contribution < 1.29 is 9.53 Å². The minimum absolute atomic E-state index is 0.00658. The van der Waals surface area contributed by atoms with Crippen LogP contribution in [0.4, 0.5) is 0 Å². The highest BCUT2D eigenvalue weighted by Crippen LogP contribution is 2.39. The molecule has 2 aromatic rings. The van der Waals surface area contributed by atoms with Crippen LogP contribution in [-0.4, -0.2) is 11.9 Å². The molecule has 0 saturated heterocycles. The van der Waals surface area contributed by atoms with Crippen LogP contribution < -0.4 is 4.74 Å². The molecule has 0 aromatic heterocycles. The fourth-order valence-corrected chi connectivity index (χ4v) is 2.74. The zero-order valence-electron chi connectivity index (χ0n) is 10.9. The first-order valence-electron chi connectivity index (χ1n) is 6.36. The third-order valence-corrected chi connectivity index (χ3v) is 4.44. The van der Waals surface area contributed by atoms with E-state index in [0.29, 0.717) is 6.42 Å². The fraction of sp³-hybridized carbons (Fsp3) is 0.312.